The van der Waals surface area contributed by atoms with E-state index in [2.05, 4.69) is 12.4 Å². The summed E-state index contributed by atoms with van der Waals surface area (Å²) in [5.41, 5.74) is 3.25. The molecule has 0 amide bonds. The summed E-state index contributed by atoms with van der Waals surface area (Å²) < 4.78 is 5.63. The highest BCUT2D eigenvalue weighted by molar-refractivity contribution is 4.74. The van der Waals surface area contributed by atoms with Crippen LogP contribution in [0.25, 0.3) is 0 Å². The standard InChI is InChI=1S/C12H23NO2/c1-2-11-9-10(7-8-14-11)13-15-12-5-3-4-6-12/h10-13H,2-9H2,1H3. The van der Waals surface area contributed by atoms with Crippen molar-refractivity contribution in [1.29, 1.82) is 0 Å². The third-order valence-electron chi connectivity index (χ3n) is 3.53. The molecule has 1 heterocycles. The lowest BCUT2D eigenvalue weighted by molar-refractivity contribution is -0.0796. The Balaban J connectivity index is 1.65. The normalized spacial score (nSPS) is 33.4. The first-order valence-corrected chi connectivity index (χ1v) is 6.41. The van der Waals surface area contributed by atoms with Crippen molar-refractivity contribution in [2.45, 2.75) is 70.1 Å². The van der Waals surface area contributed by atoms with Crippen molar-refractivity contribution in [3.63, 3.8) is 0 Å². The van der Waals surface area contributed by atoms with Crippen LogP contribution in [0.1, 0.15) is 51.9 Å². The van der Waals surface area contributed by atoms with Gasteiger partial charge in [-0.2, -0.15) is 5.48 Å². The van der Waals surface area contributed by atoms with Gasteiger partial charge in [0.15, 0.2) is 0 Å². The van der Waals surface area contributed by atoms with Gasteiger partial charge in [-0.05, 0) is 32.1 Å². The predicted octanol–water partition coefficient (Wildman–Crippen LogP) is 2.41. The average molecular weight is 213 g/mol. The van der Waals surface area contributed by atoms with Gasteiger partial charge in [0.2, 0.25) is 0 Å². The van der Waals surface area contributed by atoms with E-state index in [0.717, 1.165) is 25.9 Å². The van der Waals surface area contributed by atoms with Gasteiger partial charge in [-0.1, -0.05) is 19.8 Å². The van der Waals surface area contributed by atoms with Crippen LogP contribution in [-0.2, 0) is 9.57 Å². The lowest BCUT2D eigenvalue weighted by atomic mass is 10.0. The lowest BCUT2D eigenvalue weighted by Gasteiger charge is -2.30. The maximum absolute atomic E-state index is 5.73. The van der Waals surface area contributed by atoms with E-state index in [1.807, 2.05) is 0 Å². The molecule has 0 bridgehead atoms. The van der Waals surface area contributed by atoms with Crippen molar-refractivity contribution in [2.24, 2.45) is 0 Å². The number of nitrogens with one attached hydrogen (secondary N) is 1. The van der Waals surface area contributed by atoms with Gasteiger partial charge in [0.1, 0.15) is 0 Å². The molecule has 2 atom stereocenters. The molecule has 2 fully saturated rings. The predicted molar refractivity (Wildman–Crippen MR) is 59.5 cm³/mol. The highest BCUT2D eigenvalue weighted by Gasteiger charge is 2.23. The van der Waals surface area contributed by atoms with Crippen LogP contribution in [0, 0.1) is 0 Å². The van der Waals surface area contributed by atoms with Gasteiger partial charge in [0.25, 0.3) is 0 Å². The third kappa shape index (κ3) is 3.44. The zero-order chi connectivity index (χ0) is 10.5. The van der Waals surface area contributed by atoms with Crippen LogP contribution in [0.4, 0.5) is 0 Å². The zero-order valence-corrected chi connectivity index (χ0v) is 9.71. The van der Waals surface area contributed by atoms with Crippen LogP contribution in [0.3, 0.4) is 0 Å². The minimum Gasteiger partial charge on any atom is -0.378 e. The van der Waals surface area contributed by atoms with Crippen LogP contribution in [0.15, 0.2) is 0 Å². The summed E-state index contributed by atoms with van der Waals surface area (Å²) in [4.78, 5) is 5.73. The average Bonchev–Trinajstić information content (AvgIpc) is 2.79. The van der Waals surface area contributed by atoms with Crippen molar-refractivity contribution in [3.05, 3.63) is 0 Å². The molecule has 1 aliphatic carbocycles. The Labute approximate surface area is 92.5 Å². The van der Waals surface area contributed by atoms with Gasteiger partial charge in [0, 0.05) is 12.6 Å². The van der Waals surface area contributed by atoms with Gasteiger partial charge in [-0.3, -0.25) is 4.84 Å². The number of ether oxygens (including phenoxy) is 1. The fraction of sp³-hybridized carbons (Fsp3) is 1.00. The first-order valence-electron chi connectivity index (χ1n) is 6.41. The first kappa shape index (κ1) is 11.4. The number of rotatable bonds is 4. The van der Waals surface area contributed by atoms with Crippen LogP contribution in [-0.4, -0.2) is 24.9 Å². The highest BCUT2D eigenvalue weighted by atomic mass is 16.7. The highest BCUT2D eigenvalue weighted by Crippen LogP contribution is 2.21. The largest absolute Gasteiger partial charge is 0.378 e. The Hall–Kier alpha value is -0.120. The molecule has 0 aromatic heterocycles. The quantitative estimate of drug-likeness (QED) is 0.727. The van der Waals surface area contributed by atoms with Crippen LogP contribution >= 0.6 is 0 Å². The molecule has 0 radical (unpaired) electrons. The van der Waals surface area contributed by atoms with Crippen molar-refractivity contribution in [2.75, 3.05) is 6.61 Å². The molecular formula is C12H23NO2. The fourth-order valence-corrected chi connectivity index (χ4v) is 2.47. The molecule has 2 unspecified atom stereocenters. The van der Waals surface area contributed by atoms with E-state index >= 15 is 0 Å². The van der Waals surface area contributed by atoms with Crippen molar-refractivity contribution < 1.29 is 9.57 Å². The molecule has 2 rings (SSSR count). The second-order valence-electron chi connectivity index (χ2n) is 4.76. The van der Waals surface area contributed by atoms with E-state index in [1.165, 1.54) is 25.7 Å². The Morgan fingerprint density at radius 3 is 2.80 bits per heavy atom. The van der Waals surface area contributed by atoms with Gasteiger partial charge >= 0.3 is 0 Å². The summed E-state index contributed by atoms with van der Waals surface area (Å²) in [6, 6.07) is 0.504. The fourth-order valence-electron chi connectivity index (χ4n) is 2.47. The maximum atomic E-state index is 5.73. The van der Waals surface area contributed by atoms with E-state index in [4.69, 9.17) is 9.57 Å². The summed E-state index contributed by atoms with van der Waals surface area (Å²) in [6.07, 6.45) is 9.32. The molecule has 3 nitrogen and oxygen atoms in total. The van der Waals surface area contributed by atoms with Crippen LogP contribution in [0.2, 0.25) is 0 Å². The van der Waals surface area contributed by atoms with Crippen molar-refractivity contribution in [3.8, 4) is 0 Å². The van der Waals surface area contributed by atoms with E-state index in [0.29, 0.717) is 18.2 Å². The second kappa shape index (κ2) is 5.83. The molecule has 1 N–H and O–H groups in total. The van der Waals surface area contributed by atoms with E-state index in [9.17, 15) is 0 Å². The molecule has 88 valence electrons. The minimum atomic E-state index is 0.434. The number of hydroxylamine groups is 1. The van der Waals surface area contributed by atoms with Gasteiger partial charge in [-0.25, -0.2) is 0 Å². The minimum absolute atomic E-state index is 0.434. The SMILES string of the molecule is CCC1CC(NOC2CCCC2)CCO1. The number of hydrogen-bond donors (Lipinski definition) is 1. The molecule has 2 aliphatic rings. The Kier molecular flexibility index (Phi) is 4.42. The maximum Gasteiger partial charge on any atom is 0.0790 e. The third-order valence-corrected chi connectivity index (χ3v) is 3.53. The van der Waals surface area contributed by atoms with E-state index < -0.39 is 0 Å². The molecule has 1 saturated heterocycles. The Morgan fingerprint density at radius 2 is 2.07 bits per heavy atom. The Bertz CT molecular complexity index is 180. The Morgan fingerprint density at radius 1 is 1.27 bits per heavy atom. The first-order chi connectivity index (χ1) is 7.38. The van der Waals surface area contributed by atoms with Gasteiger partial charge < -0.3 is 4.74 Å². The number of hydrogen-bond acceptors (Lipinski definition) is 3. The molecule has 1 saturated carbocycles. The molecule has 1 aliphatic heterocycles. The summed E-state index contributed by atoms with van der Waals surface area (Å²) in [5, 5.41) is 0. The van der Waals surface area contributed by atoms with Crippen molar-refractivity contribution in [1.82, 2.24) is 5.48 Å². The topological polar surface area (TPSA) is 30.5 Å². The summed E-state index contributed by atoms with van der Waals surface area (Å²) in [6.45, 7) is 3.06. The summed E-state index contributed by atoms with van der Waals surface area (Å²) in [7, 11) is 0. The van der Waals surface area contributed by atoms with Gasteiger partial charge in [0.05, 0.1) is 12.2 Å². The molecule has 3 heteroatoms. The monoisotopic (exact) mass is 213 g/mol. The van der Waals surface area contributed by atoms with Crippen LogP contribution in [0.5, 0.6) is 0 Å². The molecule has 0 aromatic carbocycles. The molecule has 0 aromatic rings. The summed E-state index contributed by atoms with van der Waals surface area (Å²) >= 11 is 0. The van der Waals surface area contributed by atoms with Crippen molar-refractivity contribution >= 4 is 0 Å². The smallest absolute Gasteiger partial charge is 0.0790 e. The van der Waals surface area contributed by atoms with Gasteiger partial charge in [-0.15, -0.1) is 0 Å². The van der Waals surface area contributed by atoms with E-state index in [1.54, 1.807) is 0 Å². The lowest BCUT2D eigenvalue weighted by Crippen LogP contribution is -2.40. The molecule has 0 spiro atoms. The van der Waals surface area contributed by atoms with Crippen LogP contribution < -0.4 is 5.48 Å². The molecule has 15 heavy (non-hydrogen) atoms. The zero-order valence-electron chi connectivity index (χ0n) is 9.71. The summed E-state index contributed by atoms with van der Waals surface area (Å²) in [5.74, 6) is 0. The second-order valence-corrected chi connectivity index (χ2v) is 4.76. The molecular weight excluding hydrogens is 190 g/mol. The van der Waals surface area contributed by atoms with E-state index in [-0.39, 0.29) is 0 Å².